The maximum absolute atomic E-state index is 13.6. The van der Waals surface area contributed by atoms with Crippen LogP contribution in [-0.2, 0) is 9.53 Å². The van der Waals surface area contributed by atoms with Crippen molar-refractivity contribution in [3.63, 3.8) is 0 Å². The summed E-state index contributed by atoms with van der Waals surface area (Å²) in [5, 5.41) is 0. The van der Waals surface area contributed by atoms with Crippen molar-refractivity contribution in [1.29, 1.82) is 0 Å². The number of aromatic nitrogens is 2. The van der Waals surface area contributed by atoms with Gasteiger partial charge in [0.05, 0.1) is 11.0 Å². The van der Waals surface area contributed by atoms with E-state index in [0.29, 0.717) is 17.8 Å². The number of para-hydroxylation sites is 2. The lowest BCUT2D eigenvalue weighted by Gasteiger charge is -2.37. The lowest BCUT2D eigenvalue weighted by molar-refractivity contribution is -0.159. The number of ether oxygens (including phenoxy) is 1. The van der Waals surface area contributed by atoms with E-state index in [1.807, 2.05) is 25.1 Å². The minimum absolute atomic E-state index is 0.00736. The summed E-state index contributed by atoms with van der Waals surface area (Å²) in [5.41, 5.74) is 4.23. The number of carbonyl (C=O) groups is 1. The molecule has 6 rings (SSSR count). The average molecular weight is 500 g/mol. The van der Waals surface area contributed by atoms with Gasteiger partial charge in [-0.3, -0.25) is 0 Å². The van der Waals surface area contributed by atoms with E-state index in [1.54, 1.807) is 0 Å². The van der Waals surface area contributed by atoms with Crippen LogP contribution in [0, 0.1) is 17.8 Å². The molecule has 0 aliphatic heterocycles. The van der Waals surface area contributed by atoms with Crippen LogP contribution in [0.15, 0.2) is 48.5 Å². The summed E-state index contributed by atoms with van der Waals surface area (Å²) in [6.45, 7) is 8.75. The molecule has 2 aromatic carbocycles. The molecule has 1 aromatic heterocycles. The molecular formula is C32H41N3O2. The SMILES string of the molecule is CC(C)[C@@H]1CC[C@@H](C)C[C@H]1OC(=O)[C@@H](C)n1c(-c2ccc(N(C3CC3)C3CC3)cc2)nc2ccccc21. The van der Waals surface area contributed by atoms with Gasteiger partial charge in [0.25, 0.3) is 0 Å². The maximum atomic E-state index is 13.6. The third-order valence-electron chi connectivity index (χ3n) is 8.86. The van der Waals surface area contributed by atoms with Crippen LogP contribution < -0.4 is 4.90 Å². The first-order chi connectivity index (χ1) is 17.9. The second-order valence-electron chi connectivity index (χ2n) is 12.2. The third kappa shape index (κ3) is 4.89. The van der Waals surface area contributed by atoms with Gasteiger partial charge < -0.3 is 14.2 Å². The molecule has 0 amide bonds. The highest BCUT2D eigenvalue weighted by atomic mass is 16.5. The molecular weight excluding hydrogens is 458 g/mol. The van der Waals surface area contributed by atoms with E-state index in [9.17, 15) is 4.79 Å². The van der Waals surface area contributed by atoms with E-state index >= 15 is 0 Å². The van der Waals surface area contributed by atoms with Gasteiger partial charge >= 0.3 is 5.97 Å². The Balaban J connectivity index is 1.30. The van der Waals surface area contributed by atoms with Gasteiger partial charge in [0, 0.05) is 23.3 Å². The number of rotatable bonds is 8. The molecule has 1 heterocycles. The first-order valence-corrected chi connectivity index (χ1v) is 14.5. The molecule has 3 saturated carbocycles. The highest BCUT2D eigenvalue weighted by Crippen LogP contribution is 2.42. The zero-order valence-electron chi connectivity index (χ0n) is 22.8. The molecule has 3 aliphatic carbocycles. The van der Waals surface area contributed by atoms with Crippen LogP contribution >= 0.6 is 0 Å². The van der Waals surface area contributed by atoms with Crippen LogP contribution in [0.1, 0.15) is 78.7 Å². The van der Waals surface area contributed by atoms with Crippen LogP contribution in [-0.4, -0.2) is 33.7 Å². The Morgan fingerprint density at radius 2 is 1.62 bits per heavy atom. The summed E-state index contributed by atoms with van der Waals surface area (Å²) in [6.07, 6.45) is 8.55. The van der Waals surface area contributed by atoms with Gasteiger partial charge in [0.15, 0.2) is 0 Å². The summed E-state index contributed by atoms with van der Waals surface area (Å²) < 4.78 is 8.37. The van der Waals surface area contributed by atoms with Crippen molar-refractivity contribution in [3.8, 4) is 11.4 Å². The smallest absolute Gasteiger partial charge is 0.329 e. The fraction of sp³-hybridized carbons (Fsp3) is 0.562. The molecule has 0 spiro atoms. The molecule has 3 aromatic rings. The number of imidazole rings is 1. The second kappa shape index (κ2) is 9.81. The molecule has 0 unspecified atom stereocenters. The van der Waals surface area contributed by atoms with Crippen LogP contribution in [0.25, 0.3) is 22.4 Å². The molecule has 0 N–H and O–H groups in total. The minimum Gasteiger partial charge on any atom is -0.461 e. The van der Waals surface area contributed by atoms with E-state index in [-0.39, 0.29) is 12.1 Å². The molecule has 0 saturated heterocycles. The van der Waals surface area contributed by atoms with Crippen molar-refractivity contribution in [2.45, 2.75) is 96.9 Å². The monoisotopic (exact) mass is 499 g/mol. The number of hydrogen-bond acceptors (Lipinski definition) is 4. The number of carbonyl (C=O) groups excluding carboxylic acids is 1. The molecule has 196 valence electrons. The molecule has 4 atom stereocenters. The van der Waals surface area contributed by atoms with E-state index in [0.717, 1.165) is 47.3 Å². The number of anilines is 1. The fourth-order valence-corrected chi connectivity index (χ4v) is 6.45. The van der Waals surface area contributed by atoms with Gasteiger partial charge in [-0.15, -0.1) is 0 Å². The Bertz CT molecular complexity index is 1240. The Morgan fingerprint density at radius 1 is 0.946 bits per heavy atom. The number of esters is 1. The van der Waals surface area contributed by atoms with Crippen LogP contribution in [0.4, 0.5) is 5.69 Å². The molecule has 3 fully saturated rings. The van der Waals surface area contributed by atoms with Crippen molar-refractivity contribution < 1.29 is 9.53 Å². The number of benzene rings is 2. The van der Waals surface area contributed by atoms with Crippen molar-refractivity contribution >= 4 is 22.7 Å². The van der Waals surface area contributed by atoms with E-state index < -0.39 is 6.04 Å². The van der Waals surface area contributed by atoms with Gasteiger partial charge in [-0.05, 0) is 99.6 Å². The van der Waals surface area contributed by atoms with Crippen molar-refractivity contribution in [3.05, 3.63) is 48.5 Å². The summed E-state index contributed by atoms with van der Waals surface area (Å²) in [7, 11) is 0. The highest BCUT2D eigenvalue weighted by molar-refractivity contribution is 5.85. The van der Waals surface area contributed by atoms with Crippen LogP contribution in [0.5, 0.6) is 0 Å². The van der Waals surface area contributed by atoms with E-state index in [1.165, 1.54) is 37.8 Å². The predicted molar refractivity (Wildman–Crippen MR) is 150 cm³/mol. The highest BCUT2D eigenvalue weighted by Gasteiger charge is 2.39. The van der Waals surface area contributed by atoms with Gasteiger partial charge in [-0.25, -0.2) is 9.78 Å². The lowest BCUT2D eigenvalue weighted by atomic mass is 9.75. The minimum atomic E-state index is -0.457. The zero-order valence-corrected chi connectivity index (χ0v) is 22.8. The Kier molecular flexibility index (Phi) is 6.50. The van der Waals surface area contributed by atoms with Gasteiger partial charge in [-0.2, -0.15) is 0 Å². The molecule has 37 heavy (non-hydrogen) atoms. The Hall–Kier alpha value is -2.82. The number of fused-ring (bicyclic) bond motifs is 1. The number of nitrogens with zero attached hydrogens (tertiary/aromatic N) is 3. The molecule has 5 heteroatoms. The first-order valence-electron chi connectivity index (χ1n) is 14.5. The summed E-state index contributed by atoms with van der Waals surface area (Å²) in [4.78, 5) is 21.3. The third-order valence-corrected chi connectivity index (χ3v) is 8.86. The standard InChI is InChI=1S/C32H41N3O2/c1-20(2)27-18-9-21(3)19-30(27)37-32(36)22(4)34-29-8-6-5-7-28(29)33-31(34)23-10-12-24(13-11-23)35(25-14-15-25)26-16-17-26/h5-8,10-13,20-22,25-27,30H,9,14-19H2,1-4H3/t21-,22-,27+,30-/m1/s1. The zero-order chi connectivity index (χ0) is 25.7. The van der Waals surface area contributed by atoms with E-state index in [4.69, 9.17) is 9.72 Å². The Morgan fingerprint density at radius 3 is 2.27 bits per heavy atom. The van der Waals surface area contributed by atoms with E-state index in [2.05, 4.69) is 60.6 Å². The quantitative estimate of drug-likeness (QED) is 0.303. The summed E-state index contributed by atoms with van der Waals surface area (Å²) in [6, 6.07) is 18.0. The Labute approximate surface area is 221 Å². The summed E-state index contributed by atoms with van der Waals surface area (Å²) >= 11 is 0. The fourth-order valence-electron chi connectivity index (χ4n) is 6.45. The van der Waals surface area contributed by atoms with Crippen molar-refractivity contribution in [1.82, 2.24) is 9.55 Å². The maximum Gasteiger partial charge on any atom is 0.329 e. The predicted octanol–water partition coefficient (Wildman–Crippen LogP) is 7.40. The molecule has 3 aliphatic rings. The van der Waals surface area contributed by atoms with Gasteiger partial charge in [0.1, 0.15) is 18.0 Å². The van der Waals surface area contributed by atoms with Crippen molar-refractivity contribution in [2.24, 2.45) is 17.8 Å². The molecule has 0 radical (unpaired) electrons. The topological polar surface area (TPSA) is 47.4 Å². The van der Waals surface area contributed by atoms with Gasteiger partial charge in [-0.1, -0.05) is 39.3 Å². The molecule has 0 bridgehead atoms. The average Bonchev–Trinajstić information content (AvgIpc) is 3.83. The molecule has 5 nitrogen and oxygen atoms in total. The van der Waals surface area contributed by atoms with Crippen molar-refractivity contribution in [2.75, 3.05) is 4.90 Å². The summed E-state index contributed by atoms with van der Waals surface area (Å²) in [5.74, 6) is 2.21. The largest absolute Gasteiger partial charge is 0.461 e. The lowest BCUT2D eigenvalue weighted by Crippen LogP contribution is -2.37. The van der Waals surface area contributed by atoms with Crippen LogP contribution in [0.3, 0.4) is 0 Å². The normalized spacial score (nSPS) is 24.8. The first kappa shape index (κ1) is 24.5. The second-order valence-corrected chi connectivity index (χ2v) is 12.2. The van der Waals surface area contributed by atoms with Gasteiger partial charge in [0.2, 0.25) is 0 Å². The van der Waals surface area contributed by atoms with Crippen LogP contribution in [0.2, 0.25) is 0 Å². The number of hydrogen-bond donors (Lipinski definition) is 0.